The molecule has 0 bridgehead atoms. The molecular weight excluding hydrogens is 170 g/mol. The Hall–Kier alpha value is -1.13. The van der Waals surface area contributed by atoms with Gasteiger partial charge >= 0.3 is 0 Å². The van der Waals surface area contributed by atoms with Crippen LogP contribution in [0, 0.1) is 22.0 Å². The highest BCUT2D eigenvalue weighted by atomic mass is 16.6. The van der Waals surface area contributed by atoms with Gasteiger partial charge in [0.1, 0.15) is 0 Å². The molecule has 2 rings (SSSR count). The normalized spacial score (nSPS) is 42.5. The summed E-state index contributed by atoms with van der Waals surface area (Å²) in [6.07, 6.45) is 3.38. The van der Waals surface area contributed by atoms with Gasteiger partial charge in [-0.1, -0.05) is 6.92 Å². The molecule has 0 aromatic heterocycles. The monoisotopic (exact) mass is 183 g/mol. The van der Waals surface area contributed by atoms with Crippen LogP contribution in [0.15, 0.2) is 5.10 Å². The second kappa shape index (κ2) is 2.97. The van der Waals surface area contributed by atoms with E-state index in [1.807, 2.05) is 0 Å². The van der Waals surface area contributed by atoms with E-state index in [1.54, 1.807) is 6.21 Å². The Morgan fingerprint density at radius 1 is 1.62 bits per heavy atom. The molecule has 1 N–H and O–H groups in total. The number of hydrazone groups is 1. The van der Waals surface area contributed by atoms with Crippen molar-refractivity contribution in [3.8, 4) is 0 Å². The summed E-state index contributed by atoms with van der Waals surface area (Å²) in [6, 6.07) is -0.244. The average Bonchev–Trinajstić information content (AvgIpc) is 2.49. The van der Waals surface area contributed by atoms with Crippen LogP contribution in [0.3, 0.4) is 0 Å². The van der Waals surface area contributed by atoms with Crippen LogP contribution in [0.2, 0.25) is 0 Å². The van der Waals surface area contributed by atoms with Gasteiger partial charge in [-0.05, 0) is 12.3 Å². The van der Waals surface area contributed by atoms with Crippen molar-refractivity contribution in [1.82, 2.24) is 5.43 Å². The molecule has 1 aliphatic heterocycles. The lowest BCUT2D eigenvalue weighted by Crippen LogP contribution is -2.45. The Labute approximate surface area is 76.4 Å². The molecule has 0 aromatic rings. The Morgan fingerprint density at radius 3 is 3.08 bits per heavy atom. The summed E-state index contributed by atoms with van der Waals surface area (Å²) in [7, 11) is 0. The number of hydrogen-bond donors (Lipinski definition) is 1. The maximum Gasteiger partial charge on any atom is 0.223 e. The molecule has 1 aliphatic carbocycles. The van der Waals surface area contributed by atoms with Gasteiger partial charge in [-0.2, -0.15) is 5.10 Å². The Morgan fingerprint density at radius 2 is 2.38 bits per heavy atom. The van der Waals surface area contributed by atoms with E-state index in [4.69, 9.17) is 0 Å². The minimum atomic E-state index is -0.438. The van der Waals surface area contributed by atoms with Crippen LogP contribution in [-0.4, -0.2) is 23.2 Å². The number of rotatable bonds is 1. The molecule has 0 aromatic carbocycles. The molecule has 13 heavy (non-hydrogen) atoms. The molecule has 0 amide bonds. The zero-order valence-electron chi connectivity index (χ0n) is 7.51. The Balaban J connectivity index is 2.15. The SMILES string of the molecule is CC1CC2NN=CC2C([N+](=O)[O-])C1. The highest BCUT2D eigenvalue weighted by Gasteiger charge is 2.44. The van der Waals surface area contributed by atoms with Crippen molar-refractivity contribution in [3.63, 3.8) is 0 Å². The molecule has 5 heteroatoms. The molecule has 0 radical (unpaired) electrons. The van der Waals surface area contributed by atoms with Gasteiger partial charge in [0.2, 0.25) is 6.04 Å². The maximum atomic E-state index is 10.8. The first-order valence-electron chi connectivity index (χ1n) is 4.60. The van der Waals surface area contributed by atoms with Gasteiger partial charge in [0.25, 0.3) is 0 Å². The van der Waals surface area contributed by atoms with Crippen molar-refractivity contribution in [2.75, 3.05) is 0 Å². The van der Waals surface area contributed by atoms with Crippen molar-refractivity contribution in [2.45, 2.75) is 31.8 Å². The second-order valence-corrected chi connectivity index (χ2v) is 4.02. The molecule has 4 unspecified atom stereocenters. The van der Waals surface area contributed by atoms with Gasteiger partial charge < -0.3 is 5.43 Å². The van der Waals surface area contributed by atoms with Crippen LogP contribution in [0.1, 0.15) is 19.8 Å². The molecule has 1 fully saturated rings. The van der Waals surface area contributed by atoms with E-state index in [0.717, 1.165) is 6.42 Å². The van der Waals surface area contributed by atoms with Crippen molar-refractivity contribution < 1.29 is 4.92 Å². The zero-order chi connectivity index (χ0) is 9.42. The number of fused-ring (bicyclic) bond motifs is 1. The van der Waals surface area contributed by atoms with Gasteiger partial charge in [0, 0.05) is 17.6 Å². The smallest absolute Gasteiger partial charge is 0.223 e. The molecule has 1 saturated carbocycles. The van der Waals surface area contributed by atoms with E-state index < -0.39 is 6.04 Å². The van der Waals surface area contributed by atoms with Crippen LogP contribution in [0.4, 0.5) is 0 Å². The lowest BCUT2D eigenvalue weighted by Gasteiger charge is -2.30. The number of nitrogens with one attached hydrogen (secondary N) is 1. The Kier molecular flexibility index (Phi) is 1.94. The highest BCUT2D eigenvalue weighted by molar-refractivity contribution is 5.64. The van der Waals surface area contributed by atoms with E-state index in [1.165, 1.54) is 0 Å². The number of nitrogens with zero attached hydrogens (tertiary/aromatic N) is 2. The fourth-order valence-electron chi connectivity index (χ4n) is 2.32. The van der Waals surface area contributed by atoms with Gasteiger partial charge in [-0.25, -0.2) is 0 Å². The molecule has 1 heterocycles. The largest absolute Gasteiger partial charge is 0.306 e. The third-order valence-electron chi connectivity index (χ3n) is 2.97. The van der Waals surface area contributed by atoms with E-state index in [2.05, 4.69) is 17.5 Å². The first-order valence-corrected chi connectivity index (χ1v) is 4.60. The summed E-state index contributed by atoms with van der Waals surface area (Å²) in [5.74, 6) is 0.428. The fraction of sp³-hybridized carbons (Fsp3) is 0.875. The average molecular weight is 183 g/mol. The fourth-order valence-corrected chi connectivity index (χ4v) is 2.32. The summed E-state index contributed by atoms with van der Waals surface area (Å²) in [6.45, 7) is 2.06. The minimum absolute atomic E-state index is 0.00574. The highest BCUT2D eigenvalue weighted by Crippen LogP contribution is 2.31. The van der Waals surface area contributed by atoms with Crippen LogP contribution in [0.25, 0.3) is 0 Å². The summed E-state index contributed by atoms with van der Waals surface area (Å²) < 4.78 is 0. The molecule has 0 saturated heterocycles. The predicted octanol–water partition coefficient (Wildman–Crippen LogP) is 0.635. The second-order valence-electron chi connectivity index (χ2n) is 4.02. The van der Waals surface area contributed by atoms with Gasteiger partial charge in [-0.3, -0.25) is 10.1 Å². The van der Waals surface area contributed by atoms with Gasteiger partial charge in [-0.15, -0.1) is 0 Å². The predicted molar refractivity (Wildman–Crippen MR) is 48.1 cm³/mol. The molecule has 72 valence electrons. The lowest BCUT2D eigenvalue weighted by molar-refractivity contribution is -0.533. The zero-order valence-corrected chi connectivity index (χ0v) is 7.51. The Bertz CT molecular complexity index is 254. The number of hydrogen-bond acceptors (Lipinski definition) is 4. The summed E-state index contributed by atoms with van der Waals surface area (Å²) >= 11 is 0. The van der Waals surface area contributed by atoms with Crippen molar-refractivity contribution in [3.05, 3.63) is 10.1 Å². The standard InChI is InChI=1S/C8H13N3O2/c1-5-2-7-6(4-9-10-7)8(3-5)11(12)13/h4-8,10H,2-3H2,1H3. The summed E-state index contributed by atoms with van der Waals surface area (Å²) in [5, 5.41) is 14.7. The molecular formula is C8H13N3O2. The van der Waals surface area contributed by atoms with Crippen molar-refractivity contribution >= 4 is 6.21 Å². The third-order valence-corrected chi connectivity index (χ3v) is 2.97. The lowest BCUT2D eigenvalue weighted by atomic mass is 9.77. The van der Waals surface area contributed by atoms with Crippen molar-refractivity contribution in [2.24, 2.45) is 16.9 Å². The van der Waals surface area contributed by atoms with E-state index in [9.17, 15) is 10.1 Å². The summed E-state index contributed by atoms with van der Waals surface area (Å²) in [4.78, 5) is 10.6. The van der Waals surface area contributed by atoms with Gasteiger partial charge in [0.15, 0.2) is 0 Å². The first kappa shape index (κ1) is 8.47. The molecule has 4 atom stereocenters. The molecule has 0 spiro atoms. The van der Waals surface area contributed by atoms with E-state index in [-0.39, 0.29) is 16.9 Å². The number of nitro groups is 1. The third kappa shape index (κ3) is 1.38. The first-order chi connectivity index (χ1) is 6.18. The topological polar surface area (TPSA) is 67.5 Å². The minimum Gasteiger partial charge on any atom is -0.306 e. The van der Waals surface area contributed by atoms with Crippen LogP contribution >= 0.6 is 0 Å². The quantitative estimate of drug-likeness (QED) is 0.479. The molecule has 2 aliphatic rings. The van der Waals surface area contributed by atoms with Crippen LogP contribution < -0.4 is 5.43 Å². The van der Waals surface area contributed by atoms with Crippen LogP contribution in [0.5, 0.6) is 0 Å². The van der Waals surface area contributed by atoms with Crippen LogP contribution in [-0.2, 0) is 0 Å². The maximum absolute atomic E-state index is 10.8. The van der Waals surface area contributed by atoms with Crippen molar-refractivity contribution in [1.29, 1.82) is 0 Å². The van der Waals surface area contributed by atoms with Gasteiger partial charge in [0.05, 0.1) is 12.0 Å². The van der Waals surface area contributed by atoms with E-state index >= 15 is 0 Å². The van der Waals surface area contributed by atoms with E-state index in [0.29, 0.717) is 12.3 Å². The summed E-state index contributed by atoms with van der Waals surface area (Å²) in [5.41, 5.74) is 2.94. The molecule has 5 nitrogen and oxygen atoms in total.